The highest BCUT2D eigenvalue weighted by Crippen LogP contribution is 2.45. The van der Waals surface area contributed by atoms with E-state index in [-0.39, 0.29) is 18.5 Å². The molecule has 0 unspecified atom stereocenters. The molecule has 0 bridgehead atoms. The molecular weight excluding hydrogens is 394 g/mol. The molecule has 0 radical (unpaired) electrons. The van der Waals surface area contributed by atoms with Gasteiger partial charge in [0, 0.05) is 7.11 Å². The van der Waals surface area contributed by atoms with E-state index in [1.807, 2.05) is 0 Å². The van der Waals surface area contributed by atoms with E-state index in [2.05, 4.69) is 6.92 Å². The molecule has 3 rings (SSSR count). The van der Waals surface area contributed by atoms with Gasteiger partial charge in [-0.25, -0.2) is 4.39 Å². The SMILES string of the molecule is CCCCCCCC1CCC(C2CCC(c3ccc(OCOC)c(F)c3F)CC2)CC1. The van der Waals surface area contributed by atoms with Crippen molar-refractivity contribution in [1.82, 2.24) is 0 Å². The Balaban J connectivity index is 1.42. The minimum atomic E-state index is -0.885. The molecule has 31 heavy (non-hydrogen) atoms. The van der Waals surface area contributed by atoms with Gasteiger partial charge in [0.1, 0.15) is 0 Å². The molecule has 2 aliphatic carbocycles. The summed E-state index contributed by atoms with van der Waals surface area (Å²) in [4.78, 5) is 0. The molecule has 2 nitrogen and oxygen atoms in total. The van der Waals surface area contributed by atoms with E-state index < -0.39 is 11.6 Å². The smallest absolute Gasteiger partial charge is 0.201 e. The number of rotatable bonds is 11. The average molecular weight is 437 g/mol. The third-order valence-electron chi connectivity index (χ3n) is 7.89. The Kier molecular flexibility index (Phi) is 10.1. The minimum Gasteiger partial charge on any atom is -0.464 e. The predicted molar refractivity (Wildman–Crippen MR) is 122 cm³/mol. The fraction of sp³-hybridized carbons (Fsp3) is 0.778. The fourth-order valence-electron chi connectivity index (χ4n) is 5.98. The van der Waals surface area contributed by atoms with Crippen molar-refractivity contribution in [1.29, 1.82) is 0 Å². The molecule has 2 aliphatic rings. The Morgan fingerprint density at radius 3 is 2.10 bits per heavy atom. The third kappa shape index (κ3) is 6.91. The van der Waals surface area contributed by atoms with Crippen LogP contribution in [0.15, 0.2) is 12.1 Å². The fourth-order valence-corrected chi connectivity index (χ4v) is 5.98. The van der Waals surface area contributed by atoms with E-state index in [1.54, 1.807) is 12.1 Å². The lowest BCUT2D eigenvalue weighted by Gasteiger charge is -2.38. The van der Waals surface area contributed by atoms with Crippen molar-refractivity contribution < 1.29 is 18.3 Å². The van der Waals surface area contributed by atoms with Crippen molar-refractivity contribution in [2.75, 3.05) is 13.9 Å². The van der Waals surface area contributed by atoms with Crippen LogP contribution >= 0.6 is 0 Å². The van der Waals surface area contributed by atoms with Gasteiger partial charge in [0.15, 0.2) is 18.4 Å². The summed E-state index contributed by atoms with van der Waals surface area (Å²) in [5.74, 6) is 1.01. The first-order chi connectivity index (χ1) is 15.1. The largest absolute Gasteiger partial charge is 0.464 e. The van der Waals surface area contributed by atoms with E-state index in [9.17, 15) is 8.78 Å². The average Bonchev–Trinajstić information content (AvgIpc) is 2.80. The molecule has 1 aromatic carbocycles. The molecule has 4 heteroatoms. The number of ether oxygens (including phenoxy) is 2. The Hall–Kier alpha value is -1.16. The number of halogens is 2. The van der Waals surface area contributed by atoms with Crippen LogP contribution < -0.4 is 4.74 Å². The number of hydrogen-bond acceptors (Lipinski definition) is 2. The van der Waals surface area contributed by atoms with Crippen LogP contribution in [0.1, 0.15) is 108 Å². The predicted octanol–water partition coefficient (Wildman–Crippen LogP) is 8.39. The number of hydrogen-bond donors (Lipinski definition) is 0. The first kappa shape index (κ1) is 24.5. The molecule has 0 spiro atoms. The number of methoxy groups -OCH3 is 1. The van der Waals surface area contributed by atoms with Gasteiger partial charge < -0.3 is 9.47 Å². The van der Waals surface area contributed by atoms with E-state index >= 15 is 0 Å². The zero-order valence-electron chi connectivity index (χ0n) is 19.6. The highest BCUT2D eigenvalue weighted by Gasteiger charge is 2.32. The summed E-state index contributed by atoms with van der Waals surface area (Å²) in [6.45, 7) is 2.19. The second-order valence-electron chi connectivity index (χ2n) is 9.93. The van der Waals surface area contributed by atoms with Crippen LogP contribution in [0, 0.1) is 29.4 Å². The summed E-state index contributed by atoms with van der Waals surface area (Å²) in [5.41, 5.74) is 0.521. The molecular formula is C27H42F2O2. The standard InChI is InChI=1S/C27H42F2O2/c1-3-4-5-6-7-8-20-9-11-21(12-10-20)22-13-15-23(16-14-22)24-17-18-25(31-19-30-2)27(29)26(24)28/h17-18,20-23H,3-16,19H2,1-2H3. The van der Waals surface area contributed by atoms with Crippen molar-refractivity contribution in [2.45, 2.75) is 103 Å². The molecule has 0 aromatic heterocycles. The van der Waals surface area contributed by atoms with Gasteiger partial charge in [-0.1, -0.05) is 64.4 Å². The number of benzene rings is 1. The van der Waals surface area contributed by atoms with Crippen LogP contribution in [0.4, 0.5) is 8.78 Å². The quantitative estimate of drug-likeness (QED) is 0.256. The summed E-state index contributed by atoms with van der Waals surface area (Å²) in [7, 11) is 1.46. The van der Waals surface area contributed by atoms with Crippen molar-refractivity contribution >= 4 is 0 Å². The zero-order chi connectivity index (χ0) is 22.1. The lowest BCUT2D eigenvalue weighted by atomic mass is 9.68. The molecule has 1 aromatic rings. The monoisotopic (exact) mass is 436 g/mol. The minimum absolute atomic E-state index is 0.0705. The van der Waals surface area contributed by atoms with Crippen LogP contribution in [0.5, 0.6) is 5.75 Å². The van der Waals surface area contributed by atoms with Crippen LogP contribution in [0.2, 0.25) is 0 Å². The van der Waals surface area contributed by atoms with Gasteiger partial charge in [-0.3, -0.25) is 0 Å². The molecule has 0 atom stereocenters. The topological polar surface area (TPSA) is 18.5 Å². The molecule has 0 amide bonds. The Morgan fingerprint density at radius 2 is 1.45 bits per heavy atom. The van der Waals surface area contributed by atoms with Gasteiger partial charge in [-0.05, 0) is 73.8 Å². The molecule has 0 saturated heterocycles. The van der Waals surface area contributed by atoms with Crippen LogP contribution in [-0.4, -0.2) is 13.9 Å². The summed E-state index contributed by atoms with van der Waals surface area (Å²) < 4.78 is 38.9. The molecule has 2 fully saturated rings. The Labute approximate surface area is 188 Å². The Morgan fingerprint density at radius 1 is 0.806 bits per heavy atom. The summed E-state index contributed by atoms with van der Waals surface area (Å²) in [5, 5.41) is 0. The van der Waals surface area contributed by atoms with Crippen molar-refractivity contribution in [3.63, 3.8) is 0 Å². The van der Waals surface area contributed by atoms with Gasteiger partial charge in [0.25, 0.3) is 0 Å². The van der Waals surface area contributed by atoms with E-state index in [4.69, 9.17) is 9.47 Å². The van der Waals surface area contributed by atoms with E-state index in [0.717, 1.165) is 43.4 Å². The molecule has 0 heterocycles. The maximum Gasteiger partial charge on any atom is 0.201 e. The van der Waals surface area contributed by atoms with Gasteiger partial charge >= 0.3 is 0 Å². The molecule has 0 aliphatic heterocycles. The van der Waals surface area contributed by atoms with Gasteiger partial charge in [-0.15, -0.1) is 0 Å². The molecule has 176 valence electrons. The van der Waals surface area contributed by atoms with Crippen LogP contribution in [-0.2, 0) is 4.74 Å². The lowest BCUT2D eigenvalue weighted by molar-refractivity contribution is 0.0477. The third-order valence-corrected chi connectivity index (χ3v) is 7.89. The van der Waals surface area contributed by atoms with Crippen LogP contribution in [0.3, 0.4) is 0 Å². The first-order valence-electron chi connectivity index (χ1n) is 12.7. The van der Waals surface area contributed by atoms with Crippen molar-refractivity contribution in [2.24, 2.45) is 17.8 Å². The normalized spacial score (nSPS) is 26.7. The van der Waals surface area contributed by atoms with Gasteiger partial charge in [-0.2, -0.15) is 4.39 Å². The second-order valence-corrected chi connectivity index (χ2v) is 9.93. The summed E-state index contributed by atoms with van der Waals surface area (Å²) in [6, 6.07) is 3.25. The van der Waals surface area contributed by atoms with E-state index in [1.165, 1.54) is 71.3 Å². The highest BCUT2D eigenvalue weighted by molar-refractivity contribution is 5.33. The summed E-state index contributed by atoms with van der Waals surface area (Å²) in [6.07, 6.45) is 18.2. The van der Waals surface area contributed by atoms with Gasteiger partial charge in [0.05, 0.1) is 0 Å². The second kappa shape index (κ2) is 12.8. The molecule has 2 saturated carbocycles. The highest BCUT2D eigenvalue weighted by atomic mass is 19.2. The molecule has 0 N–H and O–H groups in total. The van der Waals surface area contributed by atoms with Crippen molar-refractivity contribution in [3.05, 3.63) is 29.3 Å². The Bertz CT molecular complexity index is 647. The number of unbranched alkanes of at least 4 members (excludes halogenated alkanes) is 4. The van der Waals surface area contributed by atoms with Crippen LogP contribution in [0.25, 0.3) is 0 Å². The maximum absolute atomic E-state index is 14.6. The first-order valence-corrected chi connectivity index (χ1v) is 12.7. The zero-order valence-corrected chi connectivity index (χ0v) is 19.6. The van der Waals surface area contributed by atoms with Crippen molar-refractivity contribution in [3.8, 4) is 5.75 Å². The van der Waals surface area contributed by atoms with Gasteiger partial charge in [0.2, 0.25) is 5.82 Å². The lowest BCUT2D eigenvalue weighted by Crippen LogP contribution is -2.25. The maximum atomic E-state index is 14.6. The van der Waals surface area contributed by atoms with E-state index in [0.29, 0.717) is 5.56 Å². The summed E-state index contributed by atoms with van der Waals surface area (Å²) >= 11 is 0.